The molecule has 4 nitrogen and oxygen atoms in total. The number of fused-ring (bicyclic) bond motifs is 3. The van der Waals surface area contributed by atoms with Gasteiger partial charge in [0.2, 0.25) is 0 Å². The number of aliphatic hydroxyl groups is 1. The maximum atomic E-state index is 11.4. The molecule has 2 unspecified atom stereocenters. The number of aromatic nitrogens is 1. The van der Waals surface area contributed by atoms with E-state index in [1.165, 1.54) is 0 Å². The average molecular weight is 435 g/mol. The Kier molecular flexibility index (Phi) is 4.95. The Morgan fingerprint density at radius 1 is 0.848 bits per heavy atom. The van der Waals surface area contributed by atoms with Crippen molar-refractivity contribution in [3.63, 3.8) is 0 Å². The van der Waals surface area contributed by atoms with Gasteiger partial charge in [-0.3, -0.25) is 0 Å². The molecular weight excluding hydrogens is 408 g/mol. The lowest BCUT2D eigenvalue weighted by Gasteiger charge is -2.30. The summed E-state index contributed by atoms with van der Waals surface area (Å²) in [6.45, 7) is 5.94. The molecule has 0 saturated carbocycles. The van der Waals surface area contributed by atoms with Crippen LogP contribution in [-0.4, -0.2) is 35.6 Å². The fourth-order valence-electron chi connectivity index (χ4n) is 5.24. The molecule has 1 aliphatic carbocycles. The molecule has 164 valence electrons. The van der Waals surface area contributed by atoms with Crippen LogP contribution in [0.25, 0.3) is 33.2 Å². The monoisotopic (exact) mass is 435 g/mol. The second-order valence-corrected chi connectivity index (χ2v) is 9.22. The van der Waals surface area contributed by atoms with Gasteiger partial charge in [-0.1, -0.05) is 60.4 Å². The topological polar surface area (TPSA) is 65.6 Å². The molecule has 0 amide bonds. The molecule has 1 heterocycles. The van der Waals surface area contributed by atoms with Gasteiger partial charge >= 0.3 is 0 Å². The molecular formula is C27H27B2NO3. The van der Waals surface area contributed by atoms with Gasteiger partial charge < -0.3 is 19.9 Å². The van der Waals surface area contributed by atoms with Crippen molar-refractivity contribution in [3.8, 4) is 28.3 Å². The summed E-state index contributed by atoms with van der Waals surface area (Å²) in [4.78, 5) is 0. The van der Waals surface area contributed by atoms with Crippen molar-refractivity contribution >= 4 is 37.5 Å². The minimum atomic E-state index is -0.730. The lowest BCUT2D eigenvalue weighted by atomic mass is 9.72. The first-order chi connectivity index (χ1) is 15.7. The Labute approximate surface area is 195 Å². The van der Waals surface area contributed by atoms with Crippen molar-refractivity contribution in [2.24, 2.45) is 5.92 Å². The number of aryl methyl sites for hydroxylation is 1. The van der Waals surface area contributed by atoms with Crippen LogP contribution in [0.4, 0.5) is 0 Å². The second kappa shape index (κ2) is 7.60. The molecule has 0 radical (unpaired) electrons. The van der Waals surface area contributed by atoms with E-state index in [0.29, 0.717) is 16.4 Å². The minimum Gasteiger partial charge on any atom is -0.508 e. The zero-order valence-corrected chi connectivity index (χ0v) is 19.6. The van der Waals surface area contributed by atoms with Gasteiger partial charge in [-0.05, 0) is 42.6 Å². The van der Waals surface area contributed by atoms with Crippen molar-refractivity contribution in [1.82, 2.24) is 4.57 Å². The summed E-state index contributed by atoms with van der Waals surface area (Å²) in [6, 6.07) is 18.4. The summed E-state index contributed by atoms with van der Waals surface area (Å²) in [6.07, 6.45) is -0.730. The van der Waals surface area contributed by atoms with Gasteiger partial charge in [0, 0.05) is 28.1 Å². The zero-order chi connectivity index (χ0) is 23.6. The number of rotatable bonds is 2. The van der Waals surface area contributed by atoms with Crippen LogP contribution < -0.4 is 5.46 Å². The molecule has 6 heteroatoms. The summed E-state index contributed by atoms with van der Waals surface area (Å²) in [5.41, 5.74) is 8.78. The van der Waals surface area contributed by atoms with Crippen LogP contribution in [0.15, 0.2) is 60.2 Å². The van der Waals surface area contributed by atoms with Crippen LogP contribution in [0.1, 0.15) is 36.8 Å². The van der Waals surface area contributed by atoms with Gasteiger partial charge in [0.25, 0.3) is 0 Å². The number of phenolic OH excluding ortho intramolecular Hbond substituents is 2. The number of aromatic hydroxyl groups is 2. The molecule has 0 spiro atoms. The molecule has 3 aromatic carbocycles. The van der Waals surface area contributed by atoms with E-state index in [1.54, 1.807) is 7.85 Å². The number of aliphatic hydroxyl groups excluding tert-OH is 1. The Morgan fingerprint density at radius 3 is 2.09 bits per heavy atom. The molecule has 2 atom stereocenters. The van der Waals surface area contributed by atoms with Crippen molar-refractivity contribution in [1.29, 1.82) is 0 Å². The molecule has 0 saturated heterocycles. The van der Waals surface area contributed by atoms with Crippen LogP contribution in [0.2, 0.25) is 0 Å². The van der Waals surface area contributed by atoms with Crippen molar-refractivity contribution in [2.45, 2.75) is 26.9 Å². The van der Waals surface area contributed by atoms with E-state index in [4.69, 9.17) is 0 Å². The van der Waals surface area contributed by atoms with Gasteiger partial charge in [0.15, 0.2) is 0 Å². The number of nitrogens with zero attached hydrogens (tertiary/aromatic N) is 1. The molecule has 4 aromatic rings. The SMILES string of the molecule is BC1=C(C)C(C)C(O)c2c1c1c(O)c(B)c(O)c(C)c1n2-c1ccc(-c2ccccc2)cc1. The normalized spacial score (nSPS) is 18.1. The number of hydrogen-bond acceptors (Lipinski definition) is 3. The Hall–Kier alpha value is -3.37. The molecule has 33 heavy (non-hydrogen) atoms. The molecule has 1 aliphatic rings. The van der Waals surface area contributed by atoms with Crippen LogP contribution in [0.3, 0.4) is 0 Å². The van der Waals surface area contributed by atoms with Crippen molar-refractivity contribution in [2.75, 3.05) is 0 Å². The highest BCUT2D eigenvalue weighted by atomic mass is 16.3. The van der Waals surface area contributed by atoms with Gasteiger partial charge in [0.05, 0.1) is 11.2 Å². The van der Waals surface area contributed by atoms with E-state index < -0.39 is 6.10 Å². The van der Waals surface area contributed by atoms with E-state index in [1.807, 2.05) is 55.7 Å². The quantitative estimate of drug-likeness (QED) is 0.424. The highest BCUT2D eigenvalue weighted by Crippen LogP contribution is 2.49. The summed E-state index contributed by atoms with van der Waals surface area (Å²) in [5, 5.41) is 34.1. The van der Waals surface area contributed by atoms with Gasteiger partial charge in [-0.25, -0.2) is 0 Å². The molecule has 1 aromatic heterocycles. The highest BCUT2D eigenvalue weighted by molar-refractivity contribution is 6.46. The summed E-state index contributed by atoms with van der Waals surface area (Å²) in [5.74, 6) is 0.0945. The summed E-state index contributed by atoms with van der Waals surface area (Å²) < 4.78 is 2.02. The third-order valence-electron chi connectivity index (χ3n) is 7.50. The number of benzene rings is 3. The summed E-state index contributed by atoms with van der Waals surface area (Å²) >= 11 is 0. The first kappa shape index (κ1) is 21.5. The van der Waals surface area contributed by atoms with Crippen LogP contribution in [-0.2, 0) is 0 Å². The zero-order valence-electron chi connectivity index (χ0n) is 19.6. The molecule has 0 bridgehead atoms. The first-order valence-corrected chi connectivity index (χ1v) is 11.3. The fraction of sp³-hybridized carbons (Fsp3) is 0.185. The maximum Gasteiger partial charge on any atom is 0.149 e. The highest BCUT2D eigenvalue weighted by Gasteiger charge is 2.36. The first-order valence-electron chi connectivity index (χ1n) is 11.3. The smallest absolute Gasteiger partial charge is 0.149 e. The molecule has 5 rings (SSSR count). The second-order valence-electron chi connectivity index (χ2n) is 9.22. The van der Waals surface area contributed by atoms with Gasteiger partial charge in [-0.15, -0.1) is 0 Å². The molecule has 3 N–H and O–H groups in total. The third-order valence-corrected chi connectivity index (χ3v) is 7.50. The van der Waals surface area contributed by atoms with Crippen LogP contribution in [0.5, 0.6) is 11.5 Å². The van der Waals surface area contributed by atoms with E-state index in [2.05, 4.69) is 32.1 Å². The van der Waals surface area contributed by atoms with E-state index in [-0.39, 0.29) is 17.4 Å². The van der Waals surface area contributed by atoms with E-state index >= 15 is 0 Å². The predicted octanol–water partition coefficient (Wildman–Crippen LogP) is 3.32. The van der Waals surface area contributed by atoms with E-state index in [0.717, 1.165) is 44.6 Å². The lowest BCUT2D eigenvalue weighted by molar-refractivity contribution is 0.126. The largest absolute Gasteiger partial charge is 0.508 e. The Bertz CT molecular complexity index is 1440. The van der Waals surface area contributed by atoms with E-state index in [9.17, 15) is 15.3 Å². The molecule has 0 aliphatic heterocycles. The standard InChI is InChI=1S/C27H27B2NO3/c1-13-14(2)26(32)24-19(21(13)28)20-23(15(3)25(31)22(29)27(20)33)30(24)18-11-9-17(10-12-18)16-7-5-4-6-8-16/h4-12,14,26,31-33H,28-29H2,1-3H3. The van der Waals surface area contributed by atoms with Crippen molar-refractivity contribution < 1.29 is 15.3 Å². The average Bonchev–Trinajstić information content (AvgIpc) is 3.20. The summed E-state index contributed by atoms with van der Waals surface area (Å²) in [7, 11) is 3.78. The van der Waals surface area contributed by atoms with Gasteiger partial charge in [0.1, 0.15) is 33.3 Å². The maximum absolute atomic E-state index is 11.4. The lowest BCUT2D eigenvalue weighted by Crippen LogP contribution is -2.21. The third kappa shape index (κ3) is 2.97. The fourth-order valence-corrected chi connectivity index (χ4v) is 5.24. The number of phenols is 2. The molecule has 0 fully saturated rings. The minimum absolute atomic E-state index is 0.0544. The number of hydrogen-bond donors (Lipinski definition) is 3. The van der Waals surface area contributed by atoms with Crippen LogP contribution >= 0.6 is 0 Å². The van der Waals surface area contributed by atoms with Gasteiger partial charge in [-0.2, -0.15) is 0 Å². The van der Waals surface area contributed by atoms with Crippen molar-refractivity contribution in [3.05, 3.63) is 77.0 Å². The van der Waals surface area contributed by atoms with Crippen LogP contribution in [0, 0.1) is 12.8 Å². The Balaban J connectivity index is 1.87. The Morgan fingerprint density at radius 2 is 1.45 bits per heavy atom. The predicted molar refractivity (Wildman–Crippen MR) is 140 cm³/mol.